The molecule has 0 aliphatic rings. The maximum atomic E-state index is 11.8. The van der Waals surface area contributed by atoms with Gasteiger partial charge in [-0.1, -0.05) is 23.7 Å². The van der Waals surface area contributed by atoms with Crippen molar-refractivity contribution < 1.29 is 14.7 Å². The molecular weight excluding hydrogens is 330 g/mol. The molecule has 2 rings (SSSR count). The van der Waals surface area contributed by atoms with Crippen LogP contribution in [0.3, 0.4) is 0 Å². The average molecular weight is 342 g/mol. The Hall–Kier alpha value is -1.50. The number of nitrogens with one attached hydrogen (secondary N) is 1. The molecule has 2 N–H and O–H groups in total. The van der Waals surface area contributed by atoms with Gasteiger partial charge in [0.15, 0.2) is 0 Å². The summed E-state index contributed by atoms with van der Waals surface area (Å²) in [5, 5.41) is 14.3. The summed E-state index contributed by atoms with van der Waals surface area (Å²) < 4.78 is 0. The van der Waals surface area contributed by atoms with E-state index in [-0.39, 0.29) is 17.2 Å². The Kier molecular flexibility index (Phi) is 5.67. The van der Waals surface area contributed by atoms with Crippen LogP contribution in [0.15, 0.2) is 35.7 Å². The van der Waals surface area contributed by atoms with Crippen molar-refractivity contribution in [3.8, 4) is 0 Å². The minimum atomic E-state index is -1.04. The molecule has 7 heteroatoms. The number of amides is 1. The van der Waals surface area contributed by atoms with Crippen molar-refractivity contribution in [3.05, 3.63) is 51.9 Å². The molecule has 0 aliphatic carbocycles. The number of hydrogen-bond donors (Lipinski definition) is 2. The number of benzene rings is 1. The van der Waals surface area contributed by atoms with Crippen molar-refractivity contribution in [1.82, 2.24) is 0 Å². The topological polar surface area (TPSA) is 66.4 Å². The Labute approximate surface area is 135 Å². The molecule has 0 radical (unpaired) electrons. The van der Waals surface area contributed by atoms with Gasteiger partial charge in [0, 0.05) is 10.8 Å². The van der Waals surface area contributed by atoms with E-state index in [1.54, 1.807) is 5.38 Å². The van der Waals surface area contributed by atoms with Crippen molar-refractivity contribution in [3.63, 3.8) is 0 Å². The van der Waals surface area contributed by atoms with Gasteiger partial charge in [0.1, 0.15) is 5.00 Å². The van der Waals surface area contributed by atoms with Gasteiger partial charge in [-0.05, 0) is 29.1 Å². The molecule has 2 aromatic rings. The first-order valence-electron chi connectivity index (χ1n) is 5.99. The highest BCUT2D eigenvalue weighted by Crippen LogP contribution is 2.23. The van der Waals surface area contributed by atoms with Crippen molar-refractivity contribution in [1.29, 1.82) is 0 Å². The van der Waals surface area contributed by atoms with Crippen LogP contribution in [0.1, 0.15) is 15.9 Å². The van der Waals surface area contributed by atoms with Gasteiger partial charge in [0.2, 0.25) is 5.91 Å². The standard InChI is InChI=1S/C14H12ClNO3S2/c15-10-3-1-9(2-4-10)7-20-8-12(17)16-13-11(14(18)19)5-6-21-13/h1-6H,7-8H2,(H,16,17)(H,18,19). The van der Waals surface area contributed by atoms with Gasteiger partial charge in [-0.15, -0.1) is 23.1 Å². The molecule has 21 heavy (non-hydrogen) atoms. The van der Waals surface area contributed by atoms with Crippen LogP contribution in [-0.2, 0) is 10.5 Å². The molecule has 0 bridgehead atoms. The molecule has 1 aromatic carbocycles. The smallest absolute Gasteiger partial charge is 0.338 e. The summed E-state index contributed by atoms with van der Waals surface area (Å²) in [4.78, 5) is 22.7. The Morgan fingerprint density at radius 1 is 1.24 bits per heavy atom. The van der Waals surface area contributed by atoms with E-state index in [1.807, 2.05) is 24.3 Å². The minimum Gasteiger partial charge on any atom is -0.478 e. The maximum Gasteiger partial charge on any atom is 0.338 e. The fourth-order valence-electron chi connectivity index (χ4n) is 1.58. The van der Waals surface area contributed by atoms with Gasteiger partial charge in [0.05, 0.1) is 11.3 Å². The maximum absolute atomic E-state index is 11.8. The van der Waals surface area contributed by atoms with Crippen LogP contribution < -0.4 is 5.32 Å². The summed E-state index contributed by atoms with van der Waals surface area (Å²) in [6.07, 6.45) is 0. The highest BCUT2D eigenvalue weighted by atomic mass is 35.5. The molecule has 1 aromatic heterocycles. The lowest BCUT2D eigenvalue weighted by atomic mass is 10.2. The quantitative estimate of drug-likeness (QED) is 0.834. The molecule has 0 spiro atoms. The summed E-state index contributed by atoms with van der Waals surface area (Å²) in [7, 11) is 0. The lowest BCUT2D eigenvalue weighted by Crippen LogP contribution is -2.15. The Morgan fingerprint density at radius 3 is 2.62 bits per heavy atom. The van der Waals surface area contributed by atoms with Crippen LogP contribution in [0.25, 0.3) is 0 Å². The molecule has 1 heterocycles. The summed E-state index contributed by atoms with van der Waals surface area (Å²) in [6, 6.07) is 8.91. The number of thiophene rings is 1. The molecule has 0 saturated carbocycles. The van der Waals surface area contributed by atoms with E-state index >= 15 is 0 Å². The number of thioether (sulfide) groups is 1. The summed E-state index contributed by atoms with van der Waals surface area (Å²) in [6.45, 7) is 0. The first-order chi connectivity index (χ1) is 10.1. The van der Waals surface area contributed by atoms with Crippen LogP contribution in [0.4, 0.5) is 5.00 Å². The van der Waals surface area contributed by atoms with Gasteiger partial charge < -0.3 is 10.4 Å². The lowest BCUT2D eigenvalue weighted by Gasteiger charge is -2.04. The van der Waals surface area contributed by atoms with Crippen molar-refractivity contribution in [2.45, 2.75) is 5.75 Å². The number of aromatic carboxylic acids is 1. The number of carboxylic acids is 1. The zero-order valence-electron chi connectivity index (χ0n) is 10.8. The second-order valence-corrected chi connectivity index (χ2v) is 6.47. The third kappa shape index (κ3) is 4.77. The van der Waals surface area contributed by atoms with E-state index in [2.05, 4.69) is 5.32 Å². The van der Waals surface area contributed by atoms with Crippen molar-refractivity contribution in [2.75, 3.05) is 11.1 Å². The van der Waals surface area contributed by atoms with Gasteiger partial charge >= 0.3 is 5.97 Å². The number of carboxylic acid groups (broad SMARTS) is 1. The zero-order valence-corrected chi connectivity index (χ0v) is 13.2. The van der Waals surface area contributed by atoms with Gasteiger partial charge in [-0.3, -0.25) is 4.79 Å². The predicted octanol–water partition coefficient (Wildman–Crippen LogP) is 3.97. The number of carbonyl (C=O) groups excluding carboxylic acids is 1. The fraction of sp³-hybridized carbons (Fsp3) is 0.143. The van der Waals surface area contributed by atoms with Crippen LogP contribution in [0.2, 0.25) is 5.02 Å². The Morgan fingerprint density at radius 2 is 1.95 bits per heavy atom. The number of halogens is 1. The number of anilines is 1. The third-order valence-corrected chi connectivity index (χ3v) is 4.65. The van der Waals surface area contributed by atoms with Crippen LogP contribution in [0.5, 0.6) is 0 Å². The second-order valence-electron chi connectivity index (χ2n) is 4.14. The normalized spacial score (nSPS) is 10.3. The number of rotatable bonds is 6. The van der Waals surface area contributed by atoms with E-state index in [0.717, 1.165) is 5.56 Å². The van der Waals surface area contributed by atoms with Crippen LogP contribution in [-0.4, -0.2) is 22.7 Å². The van der Waals surface area contributed by atoms with Gasteiger partial charge in [-0.2, -0.15) is 0 Å². The average Bonchev–Trinajstić information content (AvgIpc) is 2.89. The van der Waals surface area contributed by atoms with E-state index in [9.17, 15) is 9.59 Å². The van der Waals surface area contributed by atoms with E-state index in [0.29, 0.717) is 15.8 Å². The number of carbonyl (C=O) groups is 2. The molecule has 110 valence electrons. The predicted molar refractivity (Wildman–Crippen MR) is 87.5 cm³/mol. The lowest BCUT2D eigenvalue weighted by molar-refractivity contribution is -0.113. The first kappa shape index (κ1) is 15.9. The molecule has 4 nitrogen and oxygen atoms in total. The first-order valence-corrected chi connectivity index (χ1v) is 8.40. The van der Waals surface area contributed by atoms with E-state index < -0.39 is 5.97 Å². The van der Waals surface area contributed by atoms with Crippen molar-refractivity contribution in [2.24, 2.45) is 0 Å². The van der Waals surface area contributed by atoms with Crippen LogP contribution >= 0.6 is 34.7 Å². The SMILES string of the molecule is O=C(CSCc1ccc(Cl)cc1)Nc1sccc1C(=O)O. The summed E-state index contributed by atoms with van der Waals surface area (Å²) >= 11 is 8.46. The van der Waals surface area contributed by atoms with E-state index in [4.69, 9.17) is 16.7 Å². The Balaban J connectivity index is 1.81. The third-order valence-electron chi connectivity index (χ3n) is 2.56. The molecule has 0 saturated heterocycles. The molecular formula is C14H12ClNO3S2. The molecule has 0 atom stereocenters. The van der Waals surface area contributed by atoms with Gasteiger partial charge in [0.25, 0.3) is 0 Å². The Bertz CT molecular complexity index is 640. The van der Waals surface area contributed by atoms with E-state index in [1.165, 1.54) is 29.2 Å². The molecule has 0 aliphatic heterocycles. The van der Waals surface area contributed by atoms with Crippen LogP contribution in [0, 0.1) is 0 Å². The highest BCUT2D eigenvalue weighted by molar-refractivity contribution is 7.99. The molecule has 0 unspecified atom stereocenters. The largest absolute Gasteiger partial charge is 0.478 e. The summed E-state index contributed by atoms with van der Waals surface area (Å²) in [5.41, 5.74) is 1.20. The second kappa shape index (κ2) is 7.49. The monoisotopic (exact) mass is 341 g/mol. The van der Waals surface area contributed by atoms with Gasteiger partial charge in [-0.25, -0.2) is 4.79 Å². The molecule has 0 fully saturated rings. The fourth-order valence-corrected chi connectivity index (χ4v) is 3.29. The van der Waals surface area contributed by atoms with Crippen molar-refractivity contribution >= 4 is 51.6 Å². The zero-order chi connectivity index (χ0) is 15.2. The summed E-state index contributed by atoms with van der Waals surface area (Å²) in [5.74, 6) is -0.292. The highest BCUT2D eigenvalue weighted by Gasteiger charge is 2.13. The number of hydrogen-bond acceptors (Lipinski definition) is 4. The minimum absolute atomic E-state index is 0.121. The molecule has 1 amide bonds.